The summed E-state index contributed by atoms with van der Waals surface area (Å²) in [5, 5.41) is 0. The first-order chi connectivity index (χ1) is 8.88. The average Bonchev–Trinajstić information content (AvgIpc) is 2.31. The Kier molecular flexibility index (Phi) is 3.57. The third kappa shape index (κ3) is 3.12. The van der Waals surface area contributed by atoms with Crippen molar-refractivity contribution in [3.8, 4) is 0 Å². The molecule has 5 heteroatoms. The van der Waals surface area contributed by atoms with Gasteiger partial charge in [0.1, 0.15) is 5.82 Å². The summed E-state index contributed by atoms with van der Waals surface area (Å²) in [5.41, 5.74) is 7.13. The molecule has 0 amide bonds. The van der Waals surface area contributed by atoms with Gasteiger partial charge in [0.05, 0.1) is 16.3 Å². The van der Waals surface area contributed by atoms with Gasteiger partial charge < -0.3 is 5.73 Å². The fourth-order valence-electron chi connectivity index (χ4n) is 1.83. The molecule has 2 N–H and O–H groups in total. The molecule has 0 spiro atoms. The van der Waals surface area contributed by atoms with Crippen molar-refractivity contribution in [1.82, 2.24) is 0 Å². The van der Waals surface area contributed by atoms with Gasteiger partial charge in [0.15, 0.2) is 9.84 Å². The Hall–Kier alpha value is -1.88. The minimum atomic E-state index is -3.57. The van der Waals surface area contributed by atoms with Crippen molar-refractivity contribution in [3.05, 3.63) is 59.4 Å². The van der Waals surface area contributed by atoms with Crippen LogP contribution < -0.4 is 5.73 Å². The average molecular weight is 279 g/mol. The summed E-state index contributed by atoms with van der Waals surface area (Å²) in [4.78, 5) is 0.0942. The second-order valence-electron chi connectivity index (χ2n) is 4.43. The van der Waals surface area contributed by atoms with Gasteiger partial charge in [-0.05, 0) is 42.3 Å². The van der Waals surface area contributed by atoms with Gasteiger partial charge in [-0.3, -0.25) is 0 Å². The molecular weight excluding hydrogens is 265 g/mol. The molecule has 0 aliphatic rings. The summed E-state index contributed by atoms with van der Waals surface area (Å²) < 4.78 is 37.6. The molecule has 0 heterocycles. The fourth-order valence-corrected chi connectivity index (χ4v) is 3.40. The van der Waals surface area contributed by atoms with E-state index in [0.717, 1.165) is 5.56 Å². The molecule has 0 atom stereocenters. The van der Waals surface area contributed by atoms with Crippen LogP contribution in [0.15, 0.2) is 47.4 Å². The number of halogens is 1. The first-order valence-corrected chi connectivity index (χ1v) is 7.37. The van der Waals surface area contributed by atoms with E-state index in [9.17, 15) is 12.8 Å². The molecule has 0 unspecified atom stereocenters. The summed E-state index contributed by atoms with van der Waals surface area (Å²) in [7, 11) is -3.57. The second-order valence-corrected chi connectivity index (χ2v) is 6.39. The Balaban J connectivity index is 2.40. The van der Waals surface area contributed by atoms with Gasteiger partial charge >= 0.3 is 0 Å². The highest BCUT2D eigenvalue weighted by atomic mass is 32.2. The third-order valence-corrected chi connectivity index (χ3v) is 4.49. The maximum Gasteiger partial charge on any atom is 0.184 e. The molecule has 100 valence electrons. The van der Waals surface area contributed by atoms with Crippen molar-refractivity contribution in [2.75, 3.05) is 5.73 Å². The summed E-state index contributed by atoms with van der Waals surface area (Å²) in [5.74, 6) is -0.719. The van der Waals surface area contributed by atoms with Gasteiger partial charge in [-0.15, -0.1) is 0 Å². The lowest BCUT2D eigenvalue weighted by Gasteiger charge is -2.08. The lowest BCUT2D eigenvalue weighted by molar-refractivity contribution is 0.595. The van der Waals surface area contributed by atoms with E-state index in [4.69, 9.17) is 5.73 Å². The minimum absolute atomic E-state index is 0.0942. The van der Waals surface area contributed by atoms with Gasteiger partial charge in [-0.1, -0.05) is 18.2 Å². The summed E-state index contributed by atoms with van der Waals surface area (Å²) in [6.07, 6.45) is 0. The van der Waals surface area contributed by atoms with Gasteiger partial charge in [-0.25, -0.2) is 12.8 Å². The number of sulfone groups is 1. The fraction of sp³-hybridized carbons (Fsp3) is 0.143. The predicted octanol–water partition coefficient (Wildman–Crippen LogP) is 2.69. The molecule has 19 heavy (non-hydrogen) atoms. The van der Waals surface area contributed by atoms with Crippen molar-refractivity contribution in [3.63, 3.8) is 0 Å². The lowest BCUT2D eigenvalue weighted by atomic mass is 10.2. The molecule has 2 rings (SSSR count). The van der Waals surface area contributed by atoms with E-state index in [1.54, 1.807) is 25.1 Å². The van der Waals surface area contributed by atoms with E-state index in [1.807, 2.05) is 0 Å². The molecule has 0 saturated carbocycles. The largest absolute Gasteiger partial charge is 0.398 e. The van der Waals surface area contributed by atoms with Crippen LogP contribution in [0.5, 0.6) is 0 Å². The van der Waals surface area contributed by atoms with Crippen molar-refractivity contribution >= 4 is 15.5 Å². The van der Waals surface area contributed by atoms with E-state index in [-0.39, 0.29) is 16.3 Å². The van der Waals surface area contributed by atoms with Crippen molar-refractivity contribution < 1.29 is 12.8 Å². The Labute approximate surface area is 111 Å². The molecule has 0 radical (unpaired) electrons. The minimum Gasteiger partial charge on any atom is -0.398 e. The SMILES string of the molecule is Cc1ccc(N)c(S(=O)(=O)Cc2cccc(F)c2)c1. The van der Waals surface area contributed by atoms with Crippen LogP contribution in [0.1, 0.15) is 11.1 Å². The van der Waals surface area contributed by atoms with Crippen LogP contribution in [-0.4, -0.2) is 8.42 Å². The predicted molar refractivity (Wildman–Crippen MR) is 72.9 cm³/mol. The normalized spacial score (nSPS) is 11.5. The number of anilines is 1. The Bertz CT molecular complexity index is 711. The molecule has 3 nitrogen and oxygen atoms in total. The second kappa shape index (κ2) is 5.01. The zero-order valence-corrected chi connectivity index (χ0v) is 11.2. The molecule has 2 aromatic rings. The Morgan fingerprint density at radius 2 is 1.89 bits per heavy atom. The van der Waals surface area contributed by atoms with E-state index in [0.29, 0.717) is 5.56 Å². The lowest BCUT2D eigenvalue weighted by Crippen LogP contribution is -2.08. The van der Waals surface area contributed by atoms with Gasteiger partial charge in [0.2, 0.25) is 0 Å². The summed E-state index contributed by atoms with van der Waals surface area (Å²) in [6.45, 7) is 1.79. The summed E-state index contributed by atoms with van der Waals surface area (Å²) in [6, 6.07) is 10.4. The van der Waals surface area contributed by atoms with Crippen LogP contribution in [0.3, 0.4) is 0 Å². The third-order valence-electron chi connectivity index (χ3n) is 2.75. The Morgan fingerprint density at radius 1 is 1.16 bits per heavy atom. The molecule has 0 saturated heterocycles. The van der Waals surface area contributed by atoms with Crippen LogP contribution in [0, 0.1) is 12.7 Å². The van der Waals surface area contributed by atoms with E-state index >= 15 is 0 Å². The van der Waals surface area contributed by atoms with Gasteiger partial charge in [0.25, 0.3) is 0 Å². The highest BCUT2D eigenvalue weighted by Crippen LogP contribution is 2.23. The molecular formula is C14H14FNO2S. The number of aryl methyl sites for hydroxylation is 1. The van der Waals surface area contributed by atoms with Gasteiger partial charge in [0, 0.05) is 0 Å². The van der Waals surface area contributed by atoms with Crippen LogP contribution in [-0.2, 0) is 15.6 Å². The molecule has 0 aliphatic heterocycles. The van der Waals surface area contributed by atoms with Crippen molar-refractivity contribution in [2.24, 2.45) is 0 Å². The highest BCUT2D eigenvalue weighted by Gasteiger charge is 2.18. The van der Waals surface area contributed by atoms with E-state index in [2.05, 4.69) is 0 Å². The first kappa shape index (κ1) is 13.5. The van der Waals surface area contributed by atoms with E-state index < -0.39 is 15.7 Å². The van der Waals surface area contributed by atoms with Crippen molar-refractivity contribution in [1.29, 1.82) is 0 Å². The number of nitrogens with two attached hydrogens (primary N) is 1. The summed E-state index contributed by atoms with van der Waals surface area (Å²) >= 11 is 0. The quantitative estimate of drug-likeness (QED) is 0.879. The zero-order valence-electron chi connectivity index (χ0n) is 10.4. The van der Waals surface area contributed by atoms with Crippen LogP contribution in [0.2, 0.25) is 0 Å². The van der Waals surface area contributed by atoms with Crippen LogP contribution >= 0.6 is 0 Å². The monoisotopic (exact) mass is 279 g/mol. The molecule has 0 aliphatic carbocycles. The number of nitrogen functional groups attached to an aromatic ring is 1. The molecule has 0 aromatic heterocycles. The standard InChI is InChI=1S/C14H14FNO2S/c1-10-5-6-13(16)14(7-10)19(17,18)9-11-3-2-4-12(15)8-11/h2-8H,9,16H2,1H3. The number of benzene rings is 2. The van der Waals surface area contributed by atoms with E-state index in [1.165, 1.54) is 24.3 Å². The number of rotatable bonds is 3. The molecule has 0 fully saturated rings. The maximum atomic E-state index is 13.1. The molecule has 2 aromatic carbocycles. The molecule has 0 bridgehead atoms. The Morgan fingerprint density at radius 3 is 2.58 bits per heavy atom. The topological polar surface area (TPSA) is 60.2 Å². The van der Waals surface area contributed by atoms with Gasteiger partial charge in [-0.2, -0.15) is 0 Å². The zero-order chi connectivity index (χ0) is 14.0. The number of hydrogen-bond donors (Lipinski definition) is 1. The maximum absolute atomic E-state index is 13.1. The first-order valence-electron chi connectivity index (χ1n) is 5.72. The number of hydrogen-bond acceptors (Lipinski definition) is 3. The van der Waals surface area contributed by atoms with Crippen LogP contribution in [0.4, 0.5) is 10.1 Å². The van der Waals surface area contributed by atoms with Crippen LogP contribution in [0.25, 0.3) is 0 Å². The highest BCUT2D eigenvalue weighted by molar-refractivity contribution is 7.90. The van der Waals surface area contributed by atoms with Crippen molar-refractivity contribution in [2.45, 2.75) is 17.6 Å². The smallest absolute Gasteiger partial charge is 0.184 e.